The maximum absolute atomic E-state index is 6.18. The van der Waals surface area contributed by atoms with Crippen LogP contribution in [0.1, 0.15) is 22.7 Å². The van der Waals surface area contributed by atoms with E-state index < -0.39 is 0 Å². The van der Waals surface area contributed by atoms with E-state index in [-0.39, 0.29) is 6.04 Å². The number of para-hydroxylation sites is 1. The maximum Gasteiger partial charge on any atom is 0.0471 e. The van der Waals surface area contributed by atoms with Crippen molar-refractivity contribution in [2.75, 3.05) is 37.6 Å². The Morgan fingerprint density at radius 3 is 1.83 bits per heavy atom. The van der Waals surface area contributed by atoms with Gasteiger partial charge in [0.15, 0.2) is 0 Å². The molecule has 3 nitrogen and oxygen atoms in total. The predicted molar refractivity (Wildman–Crippen MR) is 124 cm³/mol. The average molecular weight is 384 g/mol. The van der Waals surface area contributed by atoms with Gasteiger partial charge in [-0.2, -0.15) is 0 Å². The van der Waals surface area contributed by atoms with Crippen molar-refractivity contribution in [1.29, 1.82) is 0 Å². The van der Waals surface area contributed by atoms with E-state index >= 15 is 0 Å². The van der Waals surface area contributed by atoms with Crippen molar-refractivity contribution in [2.45, 2.75) is 6.04 Å². The Kier molecular flexibility index (Phi) is 6.40. The SMILES string of the molecule is NC[C@H](c1ccc(/C=C\c2ccccc2)cc1)N1CCN(c2ccccc2)CC1. The summed E-state index contributed by atoms with van der Waals surface area (Å²) in [5.41, 5.74) is 11.2. The average Bonchev–Trinajstić information content (AvgIpc) is 2.81. The van der Waals surface area contributed by atoms with E-state index in [4.69, 9.17) is 5.73 Å². The van der Waals surface area contributed by atoms with Gasteiger partial charge in [-0.25, -0.2) is 0 Å². The van der Waals surface area contributed by atoms with Crippen LogP contribution in [-0.4, -0.2) is 37.6 Å². The number of benzene rings is 3. The number of piperazine rings is 1. The standard InChI is InChI=1S/C26H29N3/c27-21-26(29-19-17-28(18-20-29)25-9-5-2-6-10-25)24-15-13-23(14-16-24)12-11-22-7-3-1-4-8-22/h1-16,26H,17-21,27H2/b12-11-/t26-/m1/s1. The fourth-order valence-electron chi connectivity index (χ4n) is 4.01. The molecular formula is C26H29N3. The zero-order chi connectivity index (χ0) is 19.9. The van der Waals surface area contributed by atoms with E-state index in [1.807, 2.05) is 6.07 Å². The van der Waals surface area contributed by atoms with Crippen LogP contribution in [-0.2, 0) is 0 Å². The van der Waals surface area contributed by atoms with Gasteiger partial charge in [0.1, 0.15) is 0 Å². The molecule has 1 aliphatic rings. The minimum Gasteiger partial charge on any atom is -0.369 e. The summed E-state index contributed by atoms with van der Waals surface area (Å²) in [7, 11) is 0. The Balaban J connectivity index is 1.39. The molecule has 1 atom stereocenters. The number of anilines is 1. The van der Waals surface area contributed by atoms with Crippen molar-refractivity contribution in [3.8, 4) is 0 Å². The first-order valence-electron chi connectivity index (χ1n) is 10.4. The molecule has 0 spiro atoms. The zero-order valence-electron chi connectivity index (χ0n) is 16.8. The van der Waals surface area contributed by atoms with Crippen molar-refractivity contribution in [3.63, 3.8) is 0 Å². The van der Waals surface area contributed by atoms with Gasteiger partial charge in [0, 0.05) is 44.5 Å². The maximum atomic E-state index is 6.18. The van der Waals surface area contributed by atoms with Crippen LogP contribution in [0.15, 0.2) is 84.9 Å². The molecule has 0 aliphatic carbocycles. The molecule has 0 saturated carbocycles. The first-order chi connectivity index (χ1) is 14.3. The quantitative estimate of drug-likeness (QED) is 0.628. The topological polar surface area (TPSA) is 32.5 Å². The normalized spacial score (nSPS) is 16.2. The molecule has 3 aromatic carbocycles. The number of hydrogen-bond donors (Lipinski definition) is 1. The van der Waals surface area contributed by atoms with Crippen molar-refractivity contribution in [3.05, 3.63) is 102 Å². The van der Waals surface area contributed by atoms with Crippen LogP contribution in [0.2, 0.25) is 0 Å². The zero-order valence-corrected chi connectivity index (χ0v) is 16.8. The van der Waals surface area contributed by atoms with Gasteiger partial charge in [-0.05, 0) is 28.8 Å². The van der Waals surface area contributed by atoms with Crippen LogP contribution in [0, 0.1) is 0 Å². The number of nitrogens with two attached hydrogens (primary N) is 1. The molecular weight excluding hydrogens is 354 g/mol. The minimum absolute atomic E-state index is 0.278. The summed E-state index contributed by atoms with van der Waals surface area (Å²) in [6, 6.07) is 30.2. The third-order valence-electron chi connectivity index (χ3n) is 5.69. The largest absolute Gasteiger partial charge is 0.369 e. The van der Waals surface area contributed by atoms with E-state index in [0.717, 1.165) is 26.2 Å². The number of nitrogens with zero attached hydrogens (tertiary/aromatic N) is 2. The second kappa shape index (κ2) is 9.55. The second-order valence-electron chi connectivity index (χ2n) is 7.52. The highest BCUT2D eigenvalue weighted by Crippen LogP contribution is 2.24. The number of hydrogen-bond acceptors (Lipinski definition) is 3. The molecule has 1 aliphatic heterocycles. The molecule has 3 aromatic rings. The van der Waals surface area contributed by atoms with Crippen molar-refractivity contribution >= 4 is 17.8 Å². The molecule has 1 saturated heterocycles. The van der Waals surface area contributed by atoms with Gasteiger partial charge in [-0.15, -0.1) is 0 Å². The molecule has 0 amide bonds. The Hall–Kier alpha value is -2.88. The summed E-state index contributed by atoms with van der Waals surface area (Å²) in [4.78, 5) is 4.98. The van der Waals surface area contributed by atoms with E-state index in [9.17, 15) is 0 Å². The summed E-state index contributed by atoms with van der Waals surface area (Å²) in [6.45, 7) is 4.79. The lowest BCUT2D eigenvalue weighted by Crippen LogP contribution is -2.49. The summed E-state index contributed by atoms with van der Waals surface area (Å²) < 4.78 is 0. The Morgan fingerprint density at radius 1 is 0.690 bits per heavy atom. The predicted octanol–water partition coefficient (Wildman–Crippen LogP) is 4.68. The van der Waals surface area contributed by atoms with Gasteiger partial charge in [0.25, 0.3) is 0 Å². The van der Waals surface area contributed by atoms with Gasteiger partial charge >= 0.3 is 0 Å². The lowest BCUT2D eigenvalue weighted by Gasteiger charge is -2.40. The Bertz CT molecular complexity index is 896. The van der Waals surface area contributed by atoms with Crippen molar-refractivity contribution in [1.82, 2.24) is 4.90 Å². The fraction of sp³-hybridized carbons (Fsp3) is 0.231. The summed E-state index contributed by atoms with van der Waals surface area (Å²) in [5, 5.41) is 0. The van der Waals surface area contributed by atoms with Gasteiger partial charge < -0.3 is 10.6 Å². The molecule has 4 rings (SSSR count). The first kappa shape index (κ1) is 19.4. The lowest BCUT2D eigenvalue weighted by atomic mass is 10.0. The number of rotatable bonds is 6. The van der Waals surface area contributed by atoms with E-state index in [0.29, 0.717) is 6.54 Å². The van der Waals surface area contributed by atoms with Crippen LogP contribution in [0.5, 0.6) is 0 Å². The molecule has 148 valence electrons. The second-order valence-corrected chi connectivity index (χ2v) is 7.52. The fourth-order valence-corrected chi connectivity index (χ4v) is 4.01. The van der Waals surface area contributed by atoms with Crippen LogP contribution in [0.3, 0.4) is 0 Å². The molecule has 29 heavy (non-hydrogen) atoms. The van der Waals surface area contributed by atoms with Crippen LogP contribution >= 0.6 is 0 Å². The molecule has 0 aromatic heterocycles. The highest BCUT2D eigenvalue weighted by molar-refractivity contribution is 5.69. The van der Waals surface area contributed by atoms with Gasteiger partial charge in [-0.3, -0.25) is 4.90 Å². The van der Waals surface area contributed by atoms with Crippen molar-refractivity contribution < 1.29 is 0 Å². The van der Waals surface area contributed by atoms with Crippen LogP contribution in [0.25, 0.3) is 12.2 Å². The van der Waals surface area contributed by atoms with E-state index in [1.165, 1.54) is 22.4 Å². The third kappa shape index (κ3) is 4.94. The van der Waals surface area contributed by atoms with E-state index in [2.05, 4.69) is 101 Å². The van der Waals surface area contributed by atoms with Gasteiger partial charge in [-0.1, -0.05) is 84.9 Å². The smallest absolute Gasteiger partial charge is 0.0471 e. The summed E-state index contributed by atoms with van der Waals surface area (Å²) in [6.07, 6.45) is 4.31. The van der Waals surface area contributed by atoms with Crippen molar-refractivity contribution in [2.24, 2.45) is 5.73 Å². The molecule has 0 radical (unpaired) electrons. The molecule has 0 bridgehead atoms. The Morgan fingerprint density at radius 2 is 1.24 bits per heavy atom. The highest BCUT2D eigenvalue weighted by atomic mass is 15.3. The summed E-state index contributed by atoms with van der Waals surface area (Å²) in [5.74, 6) is 0. The first-order valence-corrected chi connectivity index (χ1v) is 10.4. The van der Waals surface area contributed by atoms with Gasteiger partial charge in [0.2, 0.25) is 0 Å². The van der Waals surface area contributed by atoms with Gasteiger partial charge in [0.05, 0.1) is 0 Å². The lowest BCUT2D eigenvalue weighted by molar-refractivity contribution is 0.190. The highest BCUT2D eigenvalue weighted by Gasteiger charge is 2.24. The molecule has 2 N–H and O–H groups in total. The molecule has 1 fully saturated rings. The van der Waals surface area contributed by atoms with Crippen LogP contribution < -0.4 is 10.6 Å². The monoisotopic (exact) mass is 383 g/mol. The minimum atomic E-state index is 0.278. The van der Waals surface area contributed by atoms with Crippen LogP contribution in [0.4, 0.5) is 5.69 Å². The molecule has 1 heterocycles. The van der Waals surface area contributed by atoms with E-state index in [1.54, 1.807) is 0 Å². The molecule has 3 heteroatoms. The Labute approximate surface area is 174 Å². The third-order valence-corrected chi connectivity index (χ3v) is 5.69. The molecule has 0 unspecified atom stereocenters. The summed E-state index contributed by atoms with van der Waals surface area (Å²) >= 11 is 0.